The van der Waals surface area contributed by atoms with E-state index in [0.717, 1.165) is 95.8 Å². The normalized spacial score (nSPS) is 13.9. The predicted octanol–water partition coefficient (Wildman–Crippen LogP) is 22.5. The zero-order valence-electron chi connectivity index (χ0n) is 61.8. The topological polar surface area (TPSA) is 237 Å². The number of carbonyl (C=O) groups is 4. The molecule has 0 aromatic rings. The molecular formula is C76H148O17P2. The lowest BCUT2D eigenvalue weighted by molar-refractivity contribution is -0.161. The van der Waals surface area contributed by atoms with E-state index in [1.807, 2.05) is 0 Å². The van der Waals surface area contributed by atoms with Crippen molar-refractivity contribution in [3.8, 4) is 0 Å². The average Bonchev–Trinajstić information content (AvgIpc) is 3.09. The molecule has 17 nitrogen and oxygen atoms in total. The Hall–Kier alpha value is -1.94. The van der Waals surface area contributed by atoms with Crippen molar-refractivity contribution >= 4 is 39.5 Å². The van der Waals surface area contributed by atoms with E-state index in [1.165, 1.54) is 225 Å². The SMILES string of the molecule is CCCCCCCCCCCCCCCCCCCC(=O)OC[C@H](COP(=O)(O)OC[C@@H](O)COP(=O)(O)OC[C@@H](COC(=O)CCCCCCCCCCCC)OC(=O)CCCCCCCCCCCC)OC(=O)CCCCCCCCCCCCCCCCCC(C)C. The van der Waals surface area contributed by atoms with Crippen LogP contribution < -0.4 is 0 Å². The molecule has 0 aromatic carbocycles. The monoisotopic (exact) mass is 1400 g/mol. The van der Waals surface area contributed by atoms with E-state index < -0.39 is 97.5 Å². The lowest BCUT2D eigenvalue weighted by Crippen LogP contribution is -2.30. The van der Waals surface area contributed by atoms with Crippen molar-refractivity contribution in [2.24, 2.45) is 5.92 Å². The number of ether oxygens (including phenoxy) is 4. The minimum atomic E-state index is -4.96. The maximum absolute atomic E-state index is 13.1. The molecule has 0 aromatic heterocycles. The fraction of sp³-hybridized carbons (Fsp3) is 0.947. The second kappa shape index (κ2) is 69.2. The van der Waals surface area contributed by atoms with Gasteiger partial charge in [0.05, 0.1) is 26.4 Å². The number of carbonyl (C=O) groups excluding carboxylic acids is 4. The molecule has 19 heteroatoms. The number of rotatable bonds is 76. The Morgan fingerprint density at radius 3 is 0.716 bits per heavy atom. The molecule has 0 rings (SSSR count). The minimum absolute atomic E-state index is 0.107. The van der Waals surface area contributed by atoms with Crippen LogP contribution in [-0.4, -0.2) is 96.7 Å². The number of aliphatic hydroxyl groups is 1. The van der Waals surface area contributed by atoms with Gasteiger partial charge in [-0.3, -0.25) is 37.3 Å². The molecule has 2 unspecified atom stereocenters. The summed E-state index contributed by atoms with van der Waals surface area (Å²) in [7, 11) is -9.91. The maximum atomic E-state index is 13.1. The number of unbranched alkanes of at least 4 members (excludes halogenated alkanes) is 48. The van der Waals surface area contributed by atoms with Gasteiger partial charge in [0, 0.05) is 25.7 Å². The van der Waals surface area contributed by atoms with Crippen LogP contribution in [0.3, 0.4) is 0 Å². The molecule has 0 aliphatic carbocycles. The highest BCUT2D eigenvalue weighted by atomic mass is 31.2. The molecule has 0 amide bonds. The van der Waals surface area contributed by atoms with Crippen LogP contribution in [0.25, 0.3) is 0 Å². The number of esters is 4. The zero-order chi connectivity index (χ0) is 69.8. The number of phosphoric ester groups is 2. The summed E-state index contributed by atoms with van der Waals surface area (Å²) in [6.45, 7) is 7.30. The first-order valence-corrected chi connectivity index (χ1v) is 42.6. The quantitative estimate of drug-likeness (QED) is 0.0222. The van der Waals surface area contributed by atoms with Gasteiger partial charge >= 0.3 is 39.5 Å². The Kier molecular flexibility index (Phi) is 67.7. The fourth-order valence-corrected chi connectivity index (χ4v) is 13.3. The van der Waals surface area contributed by atoms with E-state index in [4.69, 9.17) is 37.0 Å². The van der Waals surface area contributed by atoms with E-state index >= 15 is 0 Å². The highest BCUT2D eigenvalue weighted by molar-refractivity contribution is 7.47. The molecule has 0 radical (unpaired) electrons. The Bertz CT molecular complexity index is 1820. The molecule has 0 spiro atoms. The summed E-state index contributed by atoms with van der Waals surface area (Å²) in [5.74, 6) is -1.31. The molecule has 0 saturated heterocycles. The van der Waals surface area contributed by atoms with Crippen LogP contribution in [0.4, 0.5) is 0 Å². The first-order chi connectivity index (χ1) is 46.0. The lowest BCUT2D eigenvalue weighted by atomic mass is 10.0. The van der Waals surface area contributed by atoms with Gasteiger partial charge in [-0.15, -0.1) is 0 Å². The number of aliphatic hydroxyl groups excluding tert-OH is 1. The van der Waals surface area contributed by atoms with E-state index in [1.54, 1.807) is 0 Å². The number of phosphoric acid groups is 2. The standard InChI is InChI=1S/C76H148O17P2/c1-6-9-12-15-18-21-24-25-26-27-30-33-36-41-45-50-55-60-74(79)87-66-72(93-76(81)62-57-52-47-42-37-34-31-28-29-32-35-38-43-48-53-58-69(4)5)68-91-95(84,85)89-64-70(77)63-88-94(82,83)90-67-71(92-75(80)61-56-51-46-40-23-20-17-14-11-8-3)65-86-73(78)59-54-49-44-39-22-19-16-13-10-7-2/h69-72,77H,6-68H2,1-5H3,(H,82,83)(H,84,85)/t70-,71+,72+/m0/s1. The molecule has 3 N–H and O–H groups in total. The average molecular weight is 1400 g/mol. The van der Waals surface area contributed by atoms with Crippen molar-refractivity contribution in [3.05, 3.63) is 0 Å². The first kappa shape index (κ1) is 93.1. The van der Waals surface area contributed by atoms with Gasteiger partial charge in [-0.25, -0.2) is 9.13 Å². The van der Waals surface area contributed by atoms with Gasteiger partial charge in [-0.1, -0.05) is 349 Å². The van der Waals surface area contributed by atoms with Crippen LogP contribution >= 0.6 is 15.6 Å². The molecule has 564 valence electrons. The van der Waals surface area contributed by atoms with E-state index in [2.05, 4.69) is 34.6 Å². The van der Waals surface area contributed by atoms with Crippen LogP contribution in [0.15, 0.2) is 0 Å². The highest BCUT2D eigenvalue weighted by Gasteiger charge is 2.30. The molecule has 0 saturated carbocycles. The van der Waals surface area contributed by atoms with Crippen molar-refractivity contribution in [2.45, 2.75) is 419 Å². The van der Waals surface area contributed by atoms with Gasteiger partial charge in [0.1, 0.15) is 19.3 Å². The summed E-state index contributed by atoms with van der Waals surface area (Å²) in [6.07, 6.45) is 58.2. The molecule has 5 atom stereocenters. The number of hydrogen-bond donors (Lipinski definition) is 3. The third-order valence-electron chi connectivity index (χ3n) is 17.8. The van der Waals surface area contributed by atoms with E-state index in [0.29, 0.717) is 25.7 Å². The largest absolute Gasteiger partial charge is 0.472 e. The summed E-state index contributed by atoms with van der Waals surface area (Å²) in [5, 5.41) is 10.6. The van der Waals surface area contributed by atoms with Crippen LogP contribution in [0.2, 0.25) is 0 Å². The second-order valence-electron chi connectivity index (χ2n) is 27.9. The smallest absolute Gasteiger partial charge is 0.462 e. The van der Waals surface area contributed by atoms with Crippen LogP contribution in [0.1, 0.15) is 401 Å². The summed E-state index contributed by atoms with van der Waals surface area (Å²) < 4.78 is 68.5. The van der Waals surface area contributed by atoms with E-state index in [-0.39, 0.29) is 25.7 Å². The van der Waals surface area contributed by atoms with Gasteiger partial charge in [0.25, 0.3) is 0 Å². The Morgan fingerprint density at radius 2 is 0.484 bits per heavy atom. The van der Waals surface area contributed by atoms with Crippen molar-refractivity contribution in [1.29, 1.82) is 0 Å². The van der Waals surface area contributed by atoms with Crippen LogP contribution in [0, 0.1) is 5.92 Å². The summed E-state index contributed by atoms with van der Waals surface area (Å²) >= 11 is 0. The Morgan fingerprint density at radius 1 is 0.284 bits per heavy atom. The Labute approximate surface area is 581 Å². The van der Waals surface area contributed by atoms with Crippen molar-refractivity contribution in [2.75, 3.05) is 39.6 Å². The summed E-state index contributed by atoms with van der Waals surface area (Å²) in [5.41, 5.74) is 0. The molecule has 0 aliphatic heterocycles. The van der Waals surface area contributed by atoms with Gasteiger partial charge in [-0.2, -0.15) is 0 Å². The van der Waals surface area contributed by atoms with E-state index in [9.17, 15) is 43.2 Å². The highest BCUT2D eigenvalue weighted by Crippen LogP contribution is 2.45. The molecule has 95 heavy (non-hydrogen) atoms. The molecular weight excluding hydrogens is 1250 g/mol. The van der Waals surface area contributed by atoms with Crippen molar-refractivity contribution in [3.63, 3.8) is 0 Å². The summed E-state index contributed by atoms with van der Waals surface area (Å²) in [6, 6.07) is 0. The lowest BCUT2D eigenvalue weighted by Gasteiger charge is -2.21. The summed E-state index contributed by atoms with van der Waals surface area (Å²) in [4.78, 5) is 72.7. The zero-order valence-corrected chi connectivity index (χ0v) is 63.6. The maximum Gasteiger partial charge on any atom is 0.472 e. The number of hydrogen-bond acceptors (Lipinski definition) is 15. The minimum Gasteiger partial charge on any atom is -0.462 e. The third kappa shape index (κ3) is 70.3. The molecule has 0 bridgehead atoms. The van der Waals surface area contributed by atoms with Crippen molar-refractivity contribution in [1.82, 2.24) is 0 Å². The van der Waals surface area contributed by atoms with Crippen LogP contribution in [-0.2, 0) is 65.4 Å². The molecule has 0 aliphatic rings. The molecule has 0 heterocycles. The van der Waals surface area contributed by atoms with Gasteiger partial charge in [0.15, 0.2) is 12.2 Å². The fourth-order valence-electron chi connectivity index (χ4n) is 11.7. The van der Waals surface area contributed by atoms with Crippen LogP contribution in [0.5, 0.6) is 0 Å². The first-order valence-electron chi connectivity index (χ1n) is 39.6. The van der Waals surface area contributed by atoms with Gasteiger partial charge in [0.2, 0.25) is 0 Å². The Balaban J connectivity index is 5.21. The van der Waals surface area contributed by atoms with Gasteiger partial charge < -0.3 is 33.8 Å². The predicted molar refractivity (Wildman–Crippen MR) is 386 cm³/mol. The van der Waals surface area contributed by atoms with Gasteiger partial charge in [-0.05, 0) is 31.6 Å². The second-order valence-corrected chi connectivity index (χ2v) is 30.8. The third-order valence-corrected chi connectivity index (χ3v) is 19.7. The molecule has 0 fully saturated rings. The van der Waals surface area contributed by atoms with Crippen molar-refractivity contribution < 1.29 is 80.2 Å².